The van der Waals surface area contributed by atoms with Gasteiger partial charge in [-0.25, -0.2) is 0 Å². The van der Waals surface area contributed by atoms with Crippen LogP contribution in [0.5, 0.6) is 0 Å². The molecule has 0 saturated carbocycles. The van der Waals surface area contributed by atoms with Crippen LogP contribution in [0.3, 0.4) is 0 Å². The number of nitrogens with one attached hydrogen (secondary N) is 1. The smallest absolute Gasteiger partial charge is 0.134 e. The van der Waals surface area contributed by atoms with Gasteiger partial charge in [0.2, 0.25) is 0 Å². The lowest BCUT2D eigenvalue weighted by Gasteiger charge is -2.14. The first-order valence-corrected chi connectivity index (χ1v) is 8.82. The van der Waals surface area contributed by atoms with Crippen LogP contribution in [-0.4, -0.2) is 6.54 Å². The summed E-state index contributed by atoms with van der Waals surface area (Å²) < 4.78 is 7.22. The zero-order valence-corrected chi connectivity index (χ0v) is 14.6. The molecule has 0 spiro atoms. The van der Waals surface area contributed by atoms with Gasteiger partial charge in [-0.15, -0.1) is 11.3 Å². The average Bonchev–Trinajstić information content (AvgIpc) is 3.05. The van der Waals surface area contributed by atoms with Gasteiger partial charge in [0, 0.05) is 5.39 Å². The molecule has 2 aromatic heterocycles. The number of fused-ring (bicyclic) bond motifs is 1. The Labute approximate surface area is 137 Å². The van der Waals surface area contributed by atoms with E-state index in [2.05, 4.69) is 70.8 Å². The Morgan fingerprint density at radius 2 is 2.14 bits per heavy atom. The van der Waals surface area contributed by atoms with Gasteiger partial charge in [0.1, 0.15) is 11.3 Å². The number of aryl methyl sites for hydroxylation is 1. The zero-order chi connectivity index (χ0) is 14.8. The Morgan fingerprint density at radius 3 is 2.86 bits per heavy atom. The van der Waals surface area contributed by atoms with E-state index in [1.165, 1.54) is 16.5 Å². The SMILES string of the molecule is CCCNC(c1csc(Br)c1)c1cc2cc(C)ccc2o1. The first-order chi connectivity index (χ1) is 10.2. The van der Waals surface area contributed by atoms with E-state index in [0.29, 0.717) is 0 Å². The third-order valence-corrected chi connectivity index (χ3v) is 5.02. The molecule has 0 fully saturated rings. The van der Waals surface area contributed by atoms with Crippen molar-refractivity contribution in [1.29, 1.82) is 0 Å². The second-order valence-electron chi connectivity index (χ2n) is 5.26. The van der Waals surface area contributed by atoms with E-state index in [9.17, 15) is 0 Å². The molecule has 2 nitrogen and oxygen atoms in total. The number of hydrogen-bond acceptors (Lipinski definition) is 3. The fraction of sp³-hybridized carbons (Fsp3) is 0.294. The summed E-state index contributed by atoms with van der Waals surface area (Å²) in [6, 6.07) is 10.7. The first kappa shape index (κ1) is 14.8. The van der Waals surface area contributed by atoms with Gasteiger partial charge in [-0.3, -0.25) is 0 Å². The van der Waals surface area contributed by atoms with Crippen LogP contribution in [0.25, 0.3) is 11.0 Å². The fourth-order valence-corrected chi connectivity index (χ4v) is 3.67. The monoisotopic (exact) mass is 363 g/mol. The van der Waals surface area contributed by atoms with Gasteiger partial charge in [-0.05, 0) is 71.0 Å². The largest absolute Gasteiger partial charge is 0.459 e. The van der Waals surface area contributed by atoms with Crippen LogP contribution in [0.4, 0.5) is 0 Å². The van der Waals surface area contributed by atoms with E-state index in [4.69, 9.17) is 4.42 Å². The van der Waals surface area contributed by atoms with Crippen molar-refractivity contribution in [3.63, 3.8) is 0 Å². The van der Waals surface area contributed by atoms with Crippen LogP contribution >= 0.6 is 27.3 Å². The molecule has 3 aromatic rings. The Hall–Kier alpha value is -1.10. The molecule has 0 saturated heterocycles. The number of rotatable bonds is 5. The molecule has 3 rings (SSSR count). The summed E-state index contributed by atoms with van der Waals surface area (Å²) in [6.45, 7) is 5.25. The van der Waals surface area contributed by atoms with E-state index in [1.807, 2.05) is 0 Å². The molecule has 0 aliphatic rings. The van der Waals surface area contributed by atoms with Crippen molar-refractivity contribution in [2.45, 2.75) is 26.3 Å². The molecular weight excluding hydrogens is 346 g/mol. The predicted molar refractivity (Wildman–Crippen MR) is 93.1 cm³/mol. The van der Waals surface area contributed by atoms with Crippen molar-refractivity contribution in [3.05, 3.63) is 56.4 Å². The van der Waals surface area contributed by atoms with Gasteiger partial charge in [0.15, 0.2) is 0 Å². The molecule has 1 unspecified atom stereocenters. The quantitative estimate of drug-likeness (QED) is 0.632. The molecule has 0 amide bonds. The van der Waals surface area contributed by atoms with Crippen LogP contribution in [0.1, 0.15) is 36.3 Å². The zero-order valence-electron chi connectivity index (χ0n) is 12.2. The second kappa shape index (κ2) is 6.34. The van der Waals surface area contributed by atoms with Crippen molar-refractivity contribution < 1.29 is 4.42 Å². The standard InChI is InChI=1S/C17H18BrNOS/c1-3-6-19-17(13-9-16(18)21-10-13)15-8-12-7-11(2)4-5-14(12)20-15/h4-5,7-10,17,19H,3,6H2,1-2H3. The van der Waals surface area contributed by atoms with Crippen molar-refractivity contribution in [2.24, 2.45) is 0 Å². The molecular formula is C17H18BrNOS. The van der Waals surface area contributed by atoms with Gasteiger partial charge >= 0.3 is 0 Å². The minimum absolute atomic E-state index is 0.111. The lowest BCUT2D eigenvalue weighted by Crippen LogP contribution is -2.22. The number of halogens is 1. The van der Waals surface area contributed by atoms with Crippen LogP contribution in [0, 0.1) is 6.92 Å². The molecule has 4 heteroatoms. The van der Waals surface area contributed by atoms with Crippen LogP contribution < -0.4 is 5.32 Å². The van der Waals surface area contributed by atoms with Gasteiger partial charge in [0.25, 0.3) is 0 Å². The van der Waals surface area contributed by atoms with Crippen molar-refractivity contribution in [3.8, 4) is 0 Å². The van der Waals surface area contributed by atoms with E-state index < -0.39 is 0 Å². The second-order valence-corrected chi connectivity index (χ2v) is 7.55. The molecule has 0 bridgehead atoms. The Kier molecular flexibility index (Phi) is 4.48. The fourth-order valence-electron chi connectivity index (χ4n) is 2.47. The molecule has 110 valence electrons. The lowest BCUT2D eigenvalue weighted by molar-refractivity contribution is 0.470. The highest BCUT2D eigenvalue weighted by Gasteiger charge is 2.19. The summed E-state index contributed by atoms with van der Waals surface area (Å²) in [6.07, 6.45) is 1.10. The van der Waals surface area contributed by atoms with Crippen LogP contribution in [-0.2, 0) is 0 Å². The average molecular weight is 364 g/mol. The summed E-state index contributed by atoms with van der Waals surface area (Å²) >= 11 is 5.25. The number of benzene rings is 1. The third-order valence-electron chi connectivity index (χ3n) is 3.49. The van der Waals surface area contributed by atoms with Crippen molar-refractivity contribution in [1.82, 2.24) is 5.32 Å². The van der Waals surface area contributed by atoms with Crippen molar-refractivity contribution >= 4 is 38.2 Å². The highest BCUT2D eigenvalue weighted by atomic mass is 79.9. The van der Waals surface area contributed by atoms with E-state index in [0.717, 1.165) is 28.1 Å². The summed E-state index contributed by atoms with van der Waals surface area (Å²) in [7, 11) is 0. The Bertz CT molecular complexity index is 746. The molecule has 1 atom stereocenters. The maximum atomic E-state index is 6.07. The summed E-state index contributed by atoms with van der Waals surface area (Å²) in [4.78, 5) is 0. The summed E-state index contributed by atoms with van der Waals surface area (Å²) in [5, 5.41) is 6.93. The predicted octanol–water partition coefficient (Wildman–Crippen LogP) is 5.65. The van der Waals surface area contributed by atoms with Crippen molar-refractivity contribution in [2.75, 3.05) is 6.54 Å². The highest BCUT2D eigenvalue weighted by Crippen LogP contribution is 2.32. The maximum absolute atomic E-state index is 6.07. The van der Waals surface area contributed by atoms with Crippen LogP contribution in [0.2, 0.25) is 0 Å². The molecule has 1 N–H and O–H groups in total. The van der Waals surface area contributed by atoms with Gasteiger partial charge in [0.05, 0.1) is 9.83 Å². The topological polar surface area (TPSA) is 25.2 Å². The van der Waals surface area contributed by atoms with Crippen LogP contribution in [0.15, 0.2) is 43.9 Å². The highest BCUT2D eigenvalue weighted by molar-refractivity contribution is 9.11. The molecule has 0 radical (unpaired) electrons. The number of furan rings is 1. The summed E-state index contributed by atoms with van der Waals surface area (Å²) in [5.41, 5.74) is 3.45. The van der Waals surface area contributed by atoms with Gasteiger partial charge in [-0.1, -0.05) is 18.6 Å². The minimum atomic E-state index is 0.111. The number of hydrogen-bond donors (Lipinski definition) is 1. The normalized spacial score (nSPS) is 12.9. The minimum Gasteiger partial charge on any atom is -0.459 e. The molecule has 1 aromatic carbocycles. The van der Waals surface area contributed by atoms with E-state index in [-0.39, 0.29) is 6.04 Å². The maximum Gasteiger partial charge on any atom is 0.134 e. The molecule has 21 heavy (non-hydrogen) atoms. The molecule has 0 aliphatic heterocycles. The number of thiophene rings is 1. The molecule has 0 aliphatic carbocycles. The summed E-state index contributed by atoms with van der Waals surface area (Å²) in [5.74, 6) is 0.981. The van der Waals surface area contributed by atoms with E-state index in [1.54, 1.807) is 11.3 Å². The lowest BCUT2D eigenvalue weighted by atomic mass is 10.1. The molecule has 2 heterocycles. The third kappa shape index (κ3) is 3.23. The van der Waals surface area contributed by atoms with Gasteiger partial charge < -0.3 is 9.73 Å². The van der Waals surface area contributed by atoms with E-state index >= 15 is 0 Å². The first-order valence-electron chi connectivity index (χ1n) is 7.15. The Balaban J connectivity index is 2.00. The Morgan fingerprint density at radius 1 is 1.29 bits per heavy atom. The van der Waals surface area contributed by atoms with Gasteiger partial charge in [-0.2, -0.15) is 0 Å².